The molecule has 1 saturated heterocycles. The third kappa shape index (κ3) is 1.90. The van der Waals surface area contributed by atoms with Crippen molar-refractivity contribution in [1.29, 1.82) is 0 Å². The predicted octanol–water partition coefficient (Wildman–Crippen LogP) is 4.08. The molecule has 1 spiro atoms. The number of ether oxygens (including phenoxy) is 1. The number of unbranched alkanes of at least 4 members (excludes halogenated alkanes) is 1. The van der Waals surface area contributed by atoms with Crippen molar-refractivity contribution in [1.82, 2.24) is 0 Å². The van der Waals surface area contributed by atoms with Gasteiger partial charge in [-0.1, -0.05) is 46.0 Å². The Morgan fingerprint density at radius 3 is 2.47 bits per heavy atom. The van der Waals surface area contributed by atoms with Crippen molar-refractivity contribution in [2.45, 2.75) is 71.6 Å². The SMILES string of the molecule is CCCCC1(CC)COC(=O)C12CCCCC2. The van der Waals surface area contributed by atoms with E-state index in [-0.39, 0.29) is 16.8 Å². The highest BCUT2D eigenvalue weighted by Crippen LogP contribution is 2.58. The summed E-state index contributed by atoms with van der Waals surface area (Å²) in [7, 11) is 0. The van der Waals surface area contributed by atoms with E-state index in [0.29, 0.717) is 6.61 Å². The van der Waals surface area contributed by atoms with Gasteiger partial charge in [-0.15, -0.1) is 0 Å². The fraction of sp³-hybridized carbons (Fsp3) is 0.933. The summed E-state index contributed by atoms with van der Waals surface area (Å²) in [6.07, 6.45) is 10.6. The van der Waals surface area contributed by atoms with Gasteiger partial charge in [-0.2, -0.15) is 0 Å². The number of carbonyl (C=O) groups is 1. The van der Waals surface area contributed by atoms with Crippen LogP contribution < -0.4 is 0 Å². The highest BCUT2D eigenvalue weighted by Gasteiger charge is 2.60. The Bertz CT molecular complexity index is 279. The van der Waals surface area contributed by atoms with E-state index in [1.807, 2.05) is 0 Å². The van der Waals surface area contributed by atoms with Gasteiger partial charge in [0.25, 0.3) is 0 Å². The van der Waals surface area contributed by atoms with Crippen LogP contribution in [0.1, 0.15) is 71.6 Å². The van der Waals surface area contributed by atoms with Crippen LogP contribution in [0.2, 0.25) is 0 Å². The molecule has 1 heterocycles. The summed E-state index contributed by atoms with van der Waals surface area (Å²) >= 11 is 0. The number of rotatable bonds is 4. The molecule has 0 aromatic heterocycles. The molecule has 2 aliphatic rings. The average molecular weight is 238 g/mol. The second-order valence-electron chi connectivity index (χ2n) is 5.96. The van der Waals surface area contributed by atoms with E-state index in [1.54, 1.807) is 0 Å². The first kappa shape index (κ1) is 12.9. The van der Waals surface area contributed by atoms with E-state index >= 15 is 0 Å². The zero-order valence-electron chi connectivity index (χ0n) is 11.4. The highest BCUT2D eigenvalue weighted by molar-refractivity contribution is 5.80. The van der Waals surface area contributed by atoms with E-state index in [2.05, 4.69) is 13.8 Å². The topological polar surface area (TPSA) is 26.3 Å². The van der Waals surface area contributed by atoms with Gasteiger partial charge >= 0.3 is 5.97 Å². The van der Waals surface area contributed by atoms with Crippen LogP contribution in [0.15, 0.2) is 0 Å². The van der Waals surface area contributed by atoms with Crippen LogP contribution in [0.3, 0.4) is 0 Å². The first-order valence-electron chi connectivity index (χ1n) is 7.38. The molecule has 17 heavy (non-hydrogen) atoms. The molecule has 0 aromatic rings. The Labute approximate surface area is 105 Å². The summed E-state index contributed by atoms with van der Waals surface area (Å²) < 4.78 is 5.51. The average Bonchev–Trinajstić information content (AvgIpc) is 2.63. The van der Waals surface area contributed by atoms with Gasteiger partial charge in [0.15, 0.2) is 0 Å². The van der Waals surface area contributed by atoms with E-state index in [0.717, 1.165) is 19.3 Å². The first-order valence-corrected chi connectivity index (χ1v) is 7.38. The Morgan fingerprint density at radius 2 is 1.88 bits per heavy atom. The van der Waals surface area contributed by atoms with Crippen LogP contribution in [0.25, 0.3) is 0 Å². The molecule has 2 nitrogen and oxygen atoms in total. The summed E-state index contributed by atoms with van der Waals surface area (Å²) in [5, 5.41) is 0. The quantitative estimate of drug-likeness (QED) is 0.690. The number of hydrogen-bond acceptors (Lipinski definition) is 2. The summed E-state index contributed by atoms with van der Waals surface area (Å²) in [6.45, 7) is 5.16. The van der Waals surface area contributed by atoms with E-state index in [1.165, 1.54) is 38.5 Å². The van der Waals surface area contributed by atoms with Gasteiger partial charge in [-0.05, 0) is 25.7 Å². The molecule has 2 fully saturated rings. The number of hydrogen-bond donors (Lipinski definition) is 0. The Kier molecular flexibility index (Phi) is 3.79. The molecule has 0 bridgehead atoms. The lowest BCUT2D eigenvalue weighted by Gasteiger charge is -2.44. The van der Waals surface area contributed by atoms with Gasteiger partial charge in [0.2, 0.25) is 0 Å². The maximum atomic E-state index is 12.3. The number of carbonyl (C=O) groups excluding carboxylic acids is 1. The third-order valence-corrected chi connectivity index (χ3v) is 5.28. The van der Waals surface area contributed by atoms with E-state index < -0.39 is 0 Å². The summed E-state index contributed by atoms with van der Waals surface area (Å²) in [6, 6.07) is 0. The molecule has 98 valence electrons. The monoisotopic (exact) mass is 238 g/mol. The summed E-state index contributed by atoms with van der Waals surface area (Å²) in [5.74, 6) is 0.121. The Balaban J connectivity index is 2.25. The number of esters is 1. The second kappa shape index (κ2) is 4.99. The highest BCUT2D eigenvalue weighted by atomic mass is 16.5. The smallest absolute Gasteiger partial charge is 0.312 e. The normalized spacial score (nSPS) is 31.8. The largest absolute Gasteiger partial charge is 0.465 e. The van der Waals surface area contributed by atoms with Crippen molar-refractivity contribution < 1.29 is 9.53 Å². The predicted molar refractivity (Wildman–Crippen MR) is 68.7 cm³/mol. The van der Waals surface area contributed by atoms with Crippen LogP contribution in [-0.2, 0) is 9.53 Å². The van der Waals surface area contributed by atoms with Gasteiger partial charge in [-0.3, -0.25) is 4.79 Å². The Hall–Kier alpha value is -0.530. The lowest BCUT2D eigenvalue weighted by atomic mass is 9.56. The molecule has 0 aromatic carbocycles. The maximum Gasteiger partial charge on any atom is 0.312 e. The van der Waals surface area contributed by atoms with Crippen LogP contribution in [0.5, 0.6) is 0 Å². The first-order chi connectivity index (χ1) is 8.21. The van der Waals surface area contributed by atoms with Gasteiger partial charge < -0.3 is 4.74 Å². The minimum atomic E-state index is -0.116. The van der Waals surface area contributed by atoms with Crippen LogP contribution in [0.4, 0.5) is 0 Å². The van der Waals surface area contributed by atoms with Gasteiger partial charge in [-0.25, -0.2) is 0 Å². The molecule has 1 unspecified atom stereocenters. The zero-order valence-corrected chi connectivity index (χ0v) is 11.4. The minimum absolute atomic E-state index is 0.116. The standard InChI is InChI=1S/C15H26O2/c1-3-5-9-14(4-2)12-17-13(16)15(14)10-7-6-8-11-15/h3-12H2,1-2H3. The van der Waals surface area contributed by atoms with Gasteiger partial charge in [0.1, 0.15) is 0 Å². The zero-order chi connectivity index (χ0) is 12.4. The van der Waals surface area contributed by atoms with Gasteiger partial charge in [0, 0.05) is 5.41 Å². The fourth-order valence-corrected chi connectivity index (χ4v) is 4.03. The lowest BCUT2D eigenvalue weighted by molar-refractivity contribution is -0.149. The molecular weight excluding hydrogens is 212 g/mol. The second-order valence-corrected chi connectivity index (χ2v) is 5.96. The van der Waals surface area contributed by atoms with Crippen molar-refractivity contribution in [3.05, 3.63) is 0 Å². The van der Waals surface area contributed by atoms with Crippen molar-refractivity contribution in [3.8, 4) is 0 Å². The molecular formula is C15H26O2. The molecule has 1 atom stereocenters. The third-order valence-electron chi connectivity index (χ3n) is 5.28. The van der Waals surface area contributed by atoms with Crippen molar-refractivity contribution in [3.63, 3.8) is 0 Å². The van der Waals surface area contributed by atoms with E-state index in [9.17, 15) is 4.79 Å². The molecule has 2 heteroatoms. The van der Waals surface area contributed by atoms with Gasteiger partial charge in [0.05, 0.1) is 12.0 Å². The molecule has 0 amide bonds. The number of cyclic esters (lactones) is 1. The fourth-order valence-electron chi connectivity index (χ4n) is 4.03. The molecule has 1 saturated carbocycles. The molecule has 1 aliphatic heterocycles. The Morgan fingerprint density at radius 1 is 1.18 bits per heavy atom. The summed E-state index contributed by atoms with van der Waals surface area (Å²) in [4.78, 5) is 12.3. The van der Waals surface area contributed by atoms with Crippen molar-refractivity contribution in [2.75, 3.05) is 6.61 Å². The molecule has 0 N–H and O–H groups in total. The molecule has 1 aliphatic carbocycles. The van der Waals surface area contributed by atoms with Crippen LogP contribution in [0, 0.1) is 10.8 Å². The minimum Gasteiger partial charge on any atom is -0.465 e. The van der Waals surface area contributed by atoms with Crippen LogP contribution >= 0.6 is 0 Å². The lowest BCUT2D eigenvalue weighted by Crippen LogP contribution is -2.44. The van der Waals surface area contributed by atoms with Crippen molar-refractivity contribution in [2.24, 2.45) is 10.8 Å². The van der Waals surface area contributed by atoms with Crippen molar-refractivity contribution >= 4 is 5.97 Å². The van der Waals surface area contributed by atoms with E-state index in [4.69, 9.17) is 4.74 Å². The molecule has 0 radical (unpaired) electrons. The maximum absolute atomic E-state index is 12.3. The van der Waals surface area contributed by atoms with Crippen LogP contribution in [-0.4, -0.2) is 12.6 Å². The molecule has 2 rings (SSSR count). The summed E-state index contributed by atoms with van der Waals surface area (Å²) in [5.41, 5.74) is 0.0374.